The van der Waals surface area contributed by atoms with Crippen molar-refractivity contribution in [1.29, 1.82) is 0 Å². The highest BCUT2D eigenvalue weighted by molar-refractivity contribution is 5.31. The highest BCUT2D eigenvalue weighted by atomic mass is 16.5. The molecule has 1 aliphatic rings. The molecule has 1 aliphatic heterocycles. The van der Waals surface area contributed by atoms with Crippen LogP contribution < -0.4 is 10.1 Å². The van der Waals surface area contributed by atoms with E-state index in [1.54, 1.807) is 7.11 Å². The van der Waals surface area contributed by atoms with E-state index in [-0.39, 0.29) is 0 Å². The molecule has 1 N–H and O–H groups in total. The molecular formula is C15H25N3O. The van der Waals surface area contributed by atoms with Crippen LogP contribution in [-0.4, -0.2) is 63.7 Å². The summed E-state index contributed by atoms with van der Waals surface area (Å²) in [6.45, 7) is 3.34. The van der Waals surface area contributed by atoms with Crippen LogP contribution in [0.1, 0.15) is 11.6 Å². The smallest absolute Gasteiger partial charge is 0.119 e. The van der Waals surface area contributed by atoms with Gasteiger partial charge in [0.15, 0.2) is 0 Å². The summed E-state index contributed by atoms with van der Waals surface area (Å²) in [6.07, 6.45) is 0. The van der Waals surface area contributed by atoms with Crippen LogP contribution in [0, 0.1) is 0 Å². The van der Waals surface area contributed by atoms with Gasteiger partial charge in [0.2, 0.25) is 0 Å². The van der Waals surface area contributed by atoms with Gasteiger partial charge in [-0.1, -0.05) is 12.1 Å². The molecule has 0 radical (unpaired) electrons. The fourth-order valence-corrected chi connectivity index (χ4v) is 2.82. The van der Waals surface area contributed by atoms with Crippen LogP contribution in [0.15, 0.2) is 24.3 Å². The monoisotopic (exact) mass is 263 g/mol. The predicted molar refractivity (Wildman–Crippen MR) is 78.7 cm³/mol. The topological polar surface area (TPSA) is 27.7 Å². The Morgan fingerprint density at radius 1 is 1.32 bits per heavy atom. The summed E-state index contributed by atoms with van der Waals surface area (Å²) >= 11 is 0. The number of hydrogen-bond donors (Lipinski definition) is 1. The van der Waals surface area contributed by atoms with Gasteiger partial charge in [-0.25, -0.2) is 0 Å². The largest absolute Gasteiger partial charge is 0.497 e. The standard InChI is InChI=1S/C15H25N3O/c1-16-15(12-6-5-7-13(10-12)19-4)14-11-17(2)8-9-18(14)3/h5-7,10,14-16H,8-9,11H2,1-4H3. The first kappa shape index (κ1) is 14.3. The Bertz CT molecular complexity index is 410. The number of nitrogens with zero attached hydrogens (tertiary/aromatic N) is 2. The third-order valence-corrected chi connectivity index (χ3v) is 4.05. The number of likely N-dealkylation sites (N-methyl/N-ethyl adjacent to an activating group) is 3. The molecular weight excluding hydrogens is 238 g/mol. The Balaban J connectivity index is 2.22. The molecule has 106 valence electrons. The van der Waals surface area contributed by atoms with Gasteiger partial charge < -0.3 is 15.0 Å². The first-order valence-corrected chi connectivity index (χ1v) is 6.85. The molecule has 2 unspecified atom stereocenters. The second-order valence-corrected chi connectivity index (χ2v) is 5.35. The molecule has 4 heteroatoms. The van der Waals surface area contributed by atoms with Crippen LogP contribution in [0.4, 0.5) is 0 Å². The van der Waals surface area contributed by atoms with Gasteiger partial charge in [-0.15, -0.1) is 0 Å². The molecule has 19 heavy (non-hydrogen) atoms. The number of benzene rings is 1. The van der Waals surface area contributed by atoms with Crippen molar-refractivity contribution in [3.05, 3.63) is 29.8 Å². The Morgan fingerprint density at radius 2 is 2.11 bits per heavy atom. The van der Waals surface area contributed by atoms with Crippen molar-refractivity contribution in [3.8, 4) is 5.75 Å². The van der Waals surface area contributed by atoms with E-state index in [2.05, 4.69) is 47.4 Å². The third kappa shape index (κ3) is 3.26. The average molecular weight is 263 g/mol. The first-order chi connectivity index (χ1) is 9.15. The van der Waals surface area contributed by atoms with Gasteiger partial charge in [-0.3, -0.25) is 4.90 Å². The van der Waals surface area contributed by atoms with Crippen molar-refractivity contribution in [2.24, 2.45) is 0 Å². The van der Waals surface area contributed by atoms with Gasteiger partial charge in [0, 0.05) is 31.7 Å². The lowest BCUT2D eigenvalue weighted by Crippen LogP contribution is -2.54. The SMILES string of the molecule is CNC(c1cccc(OC)c1)C1CN(C)CCN1C. The average Bonchev–Trinajstić information content (AvgIpc) is 2.44. The minimum absolute atomic E-state index is 0.322. The summed E-state index contributed by atoms with van der Waals surface area (Å²) in [7, 11) is 8.15. The summed E-state index contributed by atoms with van der Waals surface area (Å²) in [4.78, 5) is 4.84. The van der Waals surface area contributed by atoms with Crippen LogP contribution in [0.25, 0.3) is 0 Å². The fraction of sp³-hybridized carbons (Fsp3) is 0.600. The third-order valence-electron chi connectivity index (χ3n) is 4.05. The molecule has 1 aromatic rings. The van der Waals surface area contributed by atoms with Crippen molar-refractivity contribution >= 4 is 0 Å². The van der Waals surface area contributed by atoms with E-state index in [0.29, 0.717) is 12.1 Å². The van der Waals surface area contributed by atoms with E-state index in [1.165, 1.54) is 5.56 Å². The van der Waals surface area contributed by atoms with Gasteiger partial charge in [0.25, 0.3) is 0 Å². The van der Waals surface area contributed by atoms with Crippen LogP contribution >= 0.6 is 0 Å². The van der Waals surface area contributed by atoms with Crippen LogP contribution in [-0.2, 0) is 0 Å². The zero-order valence-corrected chi connectivity index (χ0v) is 12.4. The number of rotatable bonds is 4. The zero-order chi connectivity index (χ0) is 13.8. The number of nitrogens with one attached hydrogen (secondary N) is 1. The summed E-state index contributed by atoms with van der Waals surface area (Å²) in [5.74, 6) is 0.921. The highest BCUT2D eigenvalue weighted by Gasteiger charge is 2.30. The Morgan fingerprint density at radius 3 is 2.79 bits per heavy atom. The van der Waals surface area contributed by atoms with Crippen molar-refractivity contribution in [2.45, 2.75) is 12.1 Å². The van der Waals surface area contributed by atoms with Crippen molar-refractivity contribution in [3.63, 3.8) is 0 Å². The van der Waals surface area contributed by atoms with Gasteiger partial charge >= 0.3 is 0 Å². The van der Waals surface area contributed by atoms with Gasteiger partial charge in [-0.2, -0.15) is 0 Å². The molecule has 2 rings (SSSR count). The van der Waals surface area contributed by atoms with Crippen LogP contribution in [0.2, 0.25) is 0 Å². The molecule has 0 bridgehead atoms. The van der Waals surface area contributed by atoms with E-state index < -0.39 is 0 Å². The molecule has 0 saturated carbocycles. The lowest BCUT2D eigenvalue weighted by Gasteiger charge is -2.42. The number of methoxy groups -OCH3 is 1. The number of ether oxygens (including phenoxy) is 1. The minimum Gasteiger partial charge on any atom is -0.497 e. The summed E-state index contributed by atoms with van der Waals surface area (Å²) in [5, 5.41) is 3.47. The second kappa shape index (κ2) is 6.37. The molecule has 0 aromatic heterocycles. The molecule has 2 atom stereocenters. The molecule has 0 aliphatic carbocycles. The fourth-order valence-electron chi connectivity index (χ4n) is 2.82. The number of hydrogen-bond acceptors (Lipinski definition) is 4. The molecule has 1 aromatic carbocycles. The molecule has 1 heterocycles. The van der Waals surface area contributed by atoms with E-state index in [9.17, 15) is 0 Å². The zero-order valence-electron chi connectivity index (χ0n) is 12.4. The van der Waals surface area contributed by atoms with E-state index in [1.807, 2.05) is 13.1 Å². The normalized spacial score (nSPS) is 23.3. The minimum atomic E-state index is 0.322. The van der Waals surface area contributed by atoms with Crippen LogP contribution in [0.5, 0.6) is 5.75 Å². The molecule has 4 nitrogen and oxygen atoms in total. The van der Waals surface area contributed by atoms with Crippen molar-refractivity contribution in [1.82, 2.24) is 15.1 Å². The van der Waals surface area contributed by atoms with E-state index in [0.717, 1.165) is 25.4 Å². The molecule has 1 fully saturated rings. The van der Waals surface area contributed by atoms with Gasteiger partial charge in [0.1, 0.15) is 5.75 Å². The first-order valence-electron chi connectivity index (χ1n) is 6.85. The summed E-state index contributed by atoms with van der Waals surface area (Å²) in [5.41, 5.74) is 1.29. The lowest BCUT2D eigenvalue weighted by molar-refractivity contribution is 0.0896. The van der Waals surface area contributed by atoms with Gasteiger partial charge in [0.05, 0.1) is 7.11 Å². The highest BCUT2D eigenvalue weighted by Crippen LogP contribution is 2.25. The molecule has 0 amide bonds. The maximum absolute atomic E-state index is 5.33. The predicted octanol–water partition coefficient (Wildman–Crippen LogP) is 1.20. The summed E-state index contributed by atoms with van der Waals surface area (Å²) in [6, 6.07) is 9.16. The number of piperazine rings is 1. The van der Waals surface area contributed by atoms with Gasteiger partial charge in [-0.05, 0) is 38.8 Å². The second-order valence-electron chi connectivity index (χ2n) is 5.35. The maximum Gasteiger partial charge on any atom is 0.119 e. The quantitative estimate of drug-likeness (QED) is 0.883. The van der Waals surface area contributed by atoms with Crippen molar-refractivity contribution < 1.29 is 4.74 Å². The Kier molecular flexibility index (Phi) is 4.80. The Labute approximate surface area is 116 Å². The molecule has 0 spiro atoms. The van der Waals surface area contributed by atoms with E-state index >= 15 is 0 Å². The van der Waals surface area contributed by atoms with E-state index in [4.69, 9.17) is 4.74 Å². The molecule has 1 saturated heterocycles. The van der Waals surface area contributed by atoms with Crippen molar-refractivity contribution in [2.75, 3.05) is 47.9 Å². The Hall–Kier alpha value is -1.10. The lowest BCUT2D eigenvalue weighted by atomic mass is 9.96. The maximum atomic E-state index is 5.33. The summed E-state index contributed by atoms with van der Waals surface area (Å²) < 4.78 is 5.33. The van der Waals surface area contributed by atoms with Crippen LogP contribution in [0.3, 0.4) is 0 Å².